The highest BCUT2D eigenvalue weighted by molar-refractivity contribution is 5.83. The summed E-state index contributed by atoms with van der Waals surface area (Å²) in [5.41, 5.74) is 1.91. The lowest BCUT2D eigenvalue weighted by Crippen LogP contribution is -2.46. The normalized spacial score (nSPS) is 19.2. The zero-order valence-corrected chi connectivity index (χ0v) is 13.5. The van der Waals surface area contributed by atoms with Crippen molar-refractivity contribution in [1.82, 2.24) is 24.4 Å². The van der Waals surface area contributed by atoms with Crippen LogP contribution in [-0.2, 0) is 6.54 Å². The molecule has 0 unspecified atom stereocenters. The van der Waals surface area contributed by atoms with Gasteiger partial charge in [-0.2, -0.15) is 0 Å². The van der Waals surface area contributed by atoms with E-state index in [0.29, 0.717) is 6.04 Å². The van der Waals surface area contributed by atoms with Crippen LogP contribution in [-0.4, -0.2) is 50.6 Å². The highest BCUT2D eigenvalue weighted by atomic mass is 16.3. The van der Waals surface area contributed by atoms with Crippen molar-refractivity contribution in [2.24, 2.45) is 0 Å². The molecule has 3 aromatic heterocycles. The summed E-state index contributed by atoms with van der Waals surface area (Å²) in [6.45, 7) is 4.76. The molecule has 5 rings (SSSR count). The fourth-order valence-electron chi connectivity index (χ4n) is 3.43. The van der Waals surface area contributed by atoms with Gasteiger partial charge in [0.25, 0.3) is 0 Å². The van der Waals surface area contributed by atoms with E-state index >= 15 is 0 Å². The maximum Gasteiger partial charge on any atom is 0.165 e. The minimum atomic E-state index is 0.586. The zero-order valence-electron chi connectivity index (χ0n) is 13.5. The number of fused-ring (bicyclic) bond motifs is 1. The molecule has 0 N–H and O–H groups in total. The Kier molecular flexibility index (Phi) is 3.26. The summed E-state index contributed by atoms with van der Waals surface area (Å²) in [4.78, 5) is 18.3. The van der Waals surface area contributed by atoms with E-state index in [1.807, 2.05) is 18.5 Å². The molecule has 0 aromatic carbocycles. The van der Waals surface area contributed by atoms with Gasteiger partial charge in [-0.25, -0.2) is 15.0 Å². The smallest absolute Gasteiger partial charge is 0.165 e. The molecule has 2 aliphatic rings. The average Bonchev–Trinajstić information content (AvgIpc) is 3.16. The first kappa shape index (κ1) is 14.0. The number of hydrogen-bond acceptors (Lipinski definition) is 6. The van der Waals surface area contributed by atoms with Gasteiger partial charge >= 0.3 is 0 Å². The van der Waals surface area contributed by atoms with Gasteiger partial charge < -0.3 is 13.9 Å². The average molecular weight is 324 g/mol. The minimum Gasteiger partial charge on any atom is -0.468 e. The highest BCUT2D eigenvalue weighted by Gasteiger charge is 2.27. The first-order valence-electron chi connectivity index (χ1n) is 8.56. The maximum atomic E-state index is 5.45. The van der Waals surface area contributed by atoms with Crippen LogP contribution in [0.2, 0.25) is 0 Å². The Bertz CT molecular complexity index is 830. The molecule has 0 atom stereocenters. The number of piperazine rings is 1. The van der Waals surface area contributed by atoms with Gasteiger partial charge in [-0.05, 0) is 25.0 Å². The fraction of sp³-hybridized carbons (Fsp3) is 0.471. The highest BCUT2D eigenvalue weighted by Crippen LogP contribution is 2.37. The second-order valence-electron chi connectivity index (χ2n) is 6.60. The van der Waals surface area contributed by atoms with Crippen LogP contribution < -0.4 is 4.90 Å². The number of nitrogens with zero attached hydrogens (tertiary/aromatic N) is 6. The first-order valence-corrected chi connectivity index (χ1v) is 8.56. The second kappa shape index (κ2) is 5.59. The molecular formula is C17H20N6O. The fourth-order valence-corrected chi connectivity index (χ4v) is 3.43. The van der Waals surface area contributed by atoms with Crippen LogP contribution in [0.5, 0.6) is 0 Å². The standard InChI is InChI=1S/C17H20N6O/c1-2-14(24-9-1)10-21-5-7-22(8-6-21)16-15-17(19-11-18-16)23(12-20-15)13-3-4-13/h1-2,9,11-13H,3-8,10H2. The van der Waals surface area contributed by atoms with E-state index in [9.17, 15) is 0 Å². The third-order valence-corrected chi connectivity index (χ3v) is 4.91. The van der Waals surface area contributed by atoms with E-state index < -0.39 is 0 Å². The van der Waals surface area contributed by atoms with Crippen molar-refractivity contribution in [2.75, 3.05) is 31.1 Å². The van der Waals surface area contributed by atoms with E-state index in [1.165, 1.54) is 12.8 Å². The quantitative estimate of drug-likeness (QED) is 0.732. The van der Waals surface area contributed by atoms with Gasteiger partial charge in [-0.3, -0.25) is 4.90 Å². The molecule has 24 heavy (non-hydrogen) atoms. The largest absolute Gasteiger partial charge is 0.468 e. The van der Waals surface area contributed by atoms with Crippen LogP contribution in [0.3, 0.4) is 0 Å². The molecule has 1 aliphatic heterocycles. The van der Waals surface area contributed by atoms with Crippen molar-refractivity contribution < 1.29 is 4.42 Å². The lowest BCUT2D eigenvalue weighted by Gasteiger charge is -2.34. The Labute approximate surface area is 139 Å². The molecule has 0 amide bonds. The molecule has 7 nitrogen and oxygen atoms in total. The van der Waals surface area contributed by atoms with Crippen LogP contribution in [0.1, 0.15) is 24.6 Å². The van der Waals surface area contributed by atoms with Crippen LogP contribution in [0.4, 0.5) is 5.82 Å². The van der Waals surface area contributed by atoms with Crippen molar-refractivity contribution >= 4 is 17.0 Å². The number of aromatic nitrogens is 4. The summed E-state index contributed by atoms with van der Waals surface area (Å²) in [6.07, 6.45) is 7.80. The molecule has 124 valence electrons. The number of rotatable bonds is 4. The molecule has 0 spiro atoms. The lowest BCUT2D eigenvalue weighted by atomic mass is 10.3. The van der Waals surface area contributed by atoms with E-state index in [1.54, 1.807) is 12.6 Å². The molecule has 1 saturated heterocycles. The Hall–Kier alpha value is -2.41. The maximum absolute atomic E-state index is 5.45. The summed E-state index contributed by atoms with van der Waals surface area (Å²) >= 11 is 0. The molecule has 1 saturated carbocycles. The SMILES string of the molecule is c1coc(CN2CCN(c3ncnc4c3ncn4C3CC3)CC2)c1. The second-order valence-corrected chi connectivity index (χ2v) is 6.60. The molecular weight excluding hydrogens is 304 g/mol. The van der Waals surface area contributed by atoms with Crippen molar-refractivity contribution in [2.45, 2.75) is 25.4 Å². The first-order chi connectivity index (χ1) is 11.9. The third-order valence-electron chi connectivity index (χ3n) is 4.91. The monoisotopic (exact) mass is 324 g/mol. The lowest BCUT2D eigenvalue weighted by molar-refractivity contribution is 0.230. The van der Waals surface area contributed by atoms with Gasteiger partial charge in [0.1, 0.15) is 12.1 Å². The van der Waals surface area contributed by atoms with E-state index in [4.69, 9.17) is 4.42 Å². The summed E-state index contributed by atoms with van der Waals surface area (Å²) in [6, 6.07) is 4.56. The Morgan fingerprint density at radius 2 is 1.96 bits per heavy atom. The zero-order chi connectivity index (χ0) is 15.9. The van der Waals surface area contributed by atoms with Crippen molar-refractivity contribution in [3.63, 3.8) is 0 Å². The third kappa shape index (κ3) is 2.45. The number of imidazole rings is 1. The topological polar surface area (TPSA) is 63.2 Å². The van der Waals surface area contributed by atoms with Crippen molar-refractivity contribution in [1.29, 1.82) is 0 Å². The van der Waals surface area contributed by atoms with Crippen molar-refractivity contribution in [3.8, 4) is 0 Å². The van der Waals surface area contributed by atoms with E-state index in [-0.39, 0.29) is 0 Å². The Balaban J connectivity index is 1.33. The summed E-state index contributed by atoms with van der Waals surface area (Å²) < 4.78 is 7.65. The summed E-state index contributed by atoms with van der Waals surface area (Å²) in [5, 5.41) is 0. The molecule has 1 aliphatic carbocycles. The van der Waals surface area contributed by atoms with Crippen LogP contribution in [0.25, 0.3) is 11.2 Å². The molecule has 2 fully saturated rings. The van der Waals surface area contributed by atoms with Crippen molar-refractivity contribution in [3.05, 3.63) is 36.8 Å². The predicted molar refractivity (Wildman–Crippen MR) is 89.8 cm³/mol. The van der Waals surface area contributed by atoms with Crippen LogP contribution in [0.15, 0.2) is 35.5 Å². The van der Waals surface area contributed by atoms with E-state index in [2.05, 4.69) is 29.3 Å². The minimum absolute atomic E-state index is 0.586. The molecule has 3 aromatic rings. The van der Waals surface area contributed by atoms with Crippen LogP contribution in [0, 0.1) is 0 Å². The van der Waals surface area contributed by atoms with Gasteiger partial charge in [-0.15, -0.1) is 0 Å². The predicted octanol–water partition coefficient (Wildman–Crippen LogP) is 2.08. The van der Waals surface area contributed by atoms with E-state index in [0.717, 1.165) is 55.5 Å². The Morgan fingerprint density at radius 1 is 1.08 bits per heavy atom. The van der Waals surface area contributed by atoms with Gasteiger partial charge in [-0.1, -0.05) is 0 Å². The Morgan fingerprint density at radius 3 is 2.71 bits per heavy atom. The molecule has 0 radical (unpaired) electrons. The van der Waals surface area contributed by atoms with Gasteiger partial charge in [0.2, 0.25) is 0 Å². The van der Waals surface area contributed by atoms with Gasteiger partial charge in [0.15, 0.2) is 17.0 Å². The number of furan rings is 1. The summed E-state index contributed by atoms with van der Waals surface area (Å²) in [5.74, 6) is 1.99. The molecule has 0 bridgehead atoms. The van der Waals surface area contributed by atoms with Crippen LogP contribution >= 0.6 is 0 Å². The number of hydrogen-bond donors (Lipinski definition) is 0. The number of anilines is 1. The summed E-state index contributed by atoms with van der Waals surface area (Å²) in [7, 11) is 0. The molecule has 7 heteroatoms. The van der Waals surface area contributed by atoms with Gasteiger partial charge in [0, 0.05) is 32.2 Å². The van der Waals surface area contributed by atoms with Gasteiger partial charge in [0.05, 0.1) is 19.1 Å². The molecule has 4 heterocycles.